The zero-order valence-corrected chi connectivity index (χ0v) is 16.9. The molecular formula is C15H21Cl2IN4O. The third kappa shape index (κ3) is 6.37. The van der Waals surface area contributed by atoms with Crippen LogP contribution in [0.15, 0.2) is 24.4 Å². The molecule has 0 saturated heterocycles. The van der Waals surface area contributed by atoms with E-state index in [1.807, 2.05) is 18.2 Å². The normalized spacial score (nSPS) is 10.1. The van der Waals surface area contributed by atoms with Crippen molar-refractivity contribution < 1.29 is 4.79 Å². The van der Waals surface area contributed by atoms with E-state index in [0.717, 1.165) is 34.2 Å². The minimum absolute atomic E-state index is 0. The molecule has 0 bridgehead atoms. The summed E-state index contributed by atoms with van der Waals surface area (Å²) in [7, 11) is 0. The first-order valence-electron chi connectivity index (χ1n) is 7.07. The Balaban J connectivity index is 0.00000242. The molecule has 1 heterocycles. The molecule has 128 valence electrons. The standard InChI is InChI=1S/C15H19IN4O.2ClH/c1-3-20(4-2)8-7-17-15(21)14-10-18-13-9-11(16)5-6-12(13)19-14;;/h5-6,9-10H,3-4,7-8H2,1-2H3,(H,17,21);2*1H/i16-2;;. The Labute approximate surface area is 162 Å². The van der Waals surface area contributed by atoms with Crippen LogP contribution in [0.5, 0.6) is 0 Å². The fourth-order valence-electron chi connectivity index (χ4n) is 2.05. The maximum absolute atomic E-state index is 12.1. The predicted molar refractivity (Wildman–Crippen MR) is 107 cm³/mol. The summed E-state index contributed by atoms with van der Waals surface area (Å²) in [6.07, 6.45) is 1.53. The maximum atomic E-state index is 12.1. The van der Waals surface area contributed by atoms with Gasteiger partial charge in [0, 0.05) is 16.7 Å². The zero-order valence-electron chi connectivity index (χ0n) is 13.1. The second-order valence-electron chi connectivity index (χ2n) is 4.67. The largest absolute Gasteiger partial charge is 0.349 e. The van der Waals surface area contributed by atoms with Crippen LogP contribution in [0.25, 0.3) is 11.0 Å². The zero-order chi connectivity index (χ0) is 15.2. The summed E-state index contributed by atoms with van der Waals surface area (Å²) >= 11 is 2.23. The molecule has 0 radical (unpaired) electrons. The topological polar surface area (TPSA) is 58.1 Å². The molecule has 0 spiro atoms. The molecule has 5 nitrogen and oxygen atoms in total. The first-order chi connectivity index (χ1) is 10.1. The van der Waals surface area contributed by atoms with Gasteiger partial charge in [-0.15, -0.1) is 24.8 Å². The number of amides is 1. The number of aromatic nitrogens is 2. The average molecular weight is 469 g/mol. The van der Waals surface area contributed by atoms with Crippen molar-refractivity contribution in [2.24, 2.45) is 0 Å². The lowest BCUT2D eigenvalue weighted by atomic mass is 10.3. The second kappa shape index (κ2) is 11.0. The maximum Gasteiger partial charge on any atom is 0.271 e. The Hall–Kier alpha value is -0.700. The Morgan fingerprint density at radius 2 is 1.91 bits per heavy atom. The van der Waals surface area contributed by atoms with E-state index in [1.54, 1.807) is 0 Å². The van der Waals surface area contributed by atoms with Crippen molar-refractivity contribution in [3.05, 3.63) is 33.7 Å². The van der Waals surface area contributed by atoms with Gasteiger partial charge in [-0.05, 0) is 53.9 Å². The fourth-order valence-corrected chi connectivity index (χ4v) is 2.53. The number of likely N-dealkylation sites (N-methyl/N-ethyl adjacent to an activating group) is 1. The van der Waals surface area contributed by atoms with Crippen molar-refractivity contribution >= 4 is 64.3 Å². The SMILES string of the molecule is CCN(CC)CCNC(=O)c1cnc2cc([125I])ccc2n1.Cl.Cl. The molecule has 0 aliphatic rings. The van der Waals surface area contributed by atoms with Gasteiger partial charge in [0.2, 0.25) is 0 Å². The number of nitrogens with zero attached hydrogens (tertiary/aromatic N) is 3. The number of rotatable bonds is 6. The molecule has 0 unspecified atom stereocenters. The van der Waals surface area contributed by atoms with Crippen molar-refractivity contribution in [1.82, 2.24) is 20.2 Å². The number of nitrogens with one attached hydrogen (secondary N) is 1. The van der Waals surface area contributed by atoms with Crippen LogP contribution in [0.4, 0.5) is 0 Å². The second-order valence-corrected chi connectivity index (χ2v) is 5.92. The molecular weight excluding hydrogens is 448 g/mol. The third-order valence-electron chi connectivity index (χ3n) is 3.34. The van der Waals surface area contributed by atoms with Gasteiger partial charge in [0.25, 0.3) is 5.91 Å². The van der Waals surface area contributed by atoms with Crippen LogP contribution in [0.3, 0.4) is 0 Å². The minimum atomic E-state index is -0.171. The Morgan fingerprint density at radius 1 is 1.22 bits per heavy atom. The molecule has 2 rings (SSSR count). The van der Waals surface area contributed by atoms with Gasteiger partial charge >= 0.3 is 0 Å². The number of hydrogen-bond donors (Lipinski definition) is 1. The van der Waals surface area contributed by atoms with Gasteiger partial charge in [-0.2, -0.15) is 0 Å². The van der Waals surface area contributed by atoms with Gasteiger partial charge in [-0.25, -0.2) is 4.98 Å². The van der Waals surface area contributed by atoms with E-state index < -0.39 is 0 Å². The minimum Gasteiger partial charge on any atom is -0.349 e. The predicted octanol–water partition coefficient (Wildman–Crippen LogP) is 3.15. The summed E-state index contributed by atoms with van der Waals surface area (Å²) in [6.45, 7) is 7.66. The van der Waals surface area contributed by atoms with Crippen molar-refractivity contribution in [2.45, 2.75) is 13.8 Å². The van der Waals surface area contributed by atoms with Crippen LogP contribution in [-0.4, -0.2) is 47.0 Å². The highest BCUT2D eigenvalue weighted by Crippen LogP contribution is 2.13. The molecule has 1 amide bonds. The monoisotopic (exact) mass is 468 g/mol. The number of carbonyl (C=O) groups excluding carboxylic acids is 1. The number of halogens is 3. The van der Waals surface area contributed by atoms with E-state index in [0.29, 0.717) is 12.2 Å². The molecule has 0 saturated carbocycles. The van der Waals surface area contributed by atoms with Gasteiger partial charge in [-0.1, -0.05) is 13.8 Å². The summed E-state index contributed by atoms with van der Waals surface area (Å²) in [5.74, 6) is -0.171. The molecule has 1 aromatic heterocycles. The lowest BCUT2D eigenvalue weighted by molar-refractivity contribution is 0.0944. The van der Waals surface area contributed by atoms with E-state index >= 15 is 0 Å². The molecule has 23 heavy (non-hydrogen) atoms. The van der Waals surface area contributed by atoms with Gasteiger partial charge < -0.3 is 10.2 Å². The molecule has 0 aliphatic carbocycles. The average Bonchev–Trinajstić information content (AvgIpc) is 2.50. The van der Waals surface area contributed by atoms with Gasteiger partial charge in [0.15, 0.2) is 0 Å². The van der Waals surface area contributed by atoms with Gasteiger partial charge in [0.05, 0.1) is 17.2 Å². The summed E-state index contributed by atoms with van der Waals surface area (Å²) in [5, 5.41) is 2.89. The van der Waals surface area contributed by atoms with Crippen LogP contribution in [0.2, 0.25) is 0 Å². The van der Waals surface area contributed by atoms with Crippen LogP contribution in [0, 0.1) is 3.57 Å². The van der Waals surface area contributed by atoms with Crippen molar-refractivity contribution in [2.75, 3.05) is 26.2 Å². The van der Waals surface area contributed by atoms with E-state index in [-0.39, 0.29) is 30.7 Å². The molecule has 0 fully saturated rings. The summed E-state index contributed by atoms with van der Waals surface area (Å²) in [4.78, 5) is 23.0. The first-order valence-corrected chi connectivity index (χ1v) is 8.14. The number of fused-ring (bicyclic) bond motifs is 1. The van der Waals surface area contributed by atoms with Crippen LogP contribution < -0.4 is 5.32 Å². The summed E-state index contributed by atoms with van der Waals surface area (Å²) in [6, 6.07) is 5.79. The Bertz CT molecular complexity index is 638. The van der Waals surface area contributed by atoms with E-state index in [9.17, 15) is 4.79 Å². The quantitative estimate of drug-likeness (QED) is 0.661. The van der Waals surface area contributed by atoms with E-state index in [1.165, 1.54) is 6.20 Å². The molecule has 8 heteroatoms. The molecule has 2 aromatic rings. The van der Waals surface area contributed by atoms with Crippen LogP contribution >= 0.6 is 47.4 Å². The van der Waals surface area contributed by atoms with Crippen LogP contribution in [-0.2, 0) is 0 Å². The van der Waals surface area contributed by atoms with Crippen molar-refractivity contribution in [3.63, 3.8) is 0 Å². The van der Waals surface area contributed by atoms with Crippen LogP contribution in [0.1, 0.15) is 24.3 Å². The number of carbonyl (C=O) groups is 1. The smallest absolute Gasteiger partial charge is 0.271 e. The lowest BCUT2D eigenvalue weighted by Crippen LogP contribution is -2.35. The molecule has 1 aromatic carbocycles. The summed E-state index contributed by atoms with van der Waals surface area (Å²) in [5.41, 5.74) is 1.91. The third-order valence-corrected chi connectivity index (χ3v) is 4.02. The number of hydrogen-bond acceptors (Lipinski definition) is 4. The van der Waals surface area contributed by atoms with E-state index in [2.05, 4.69) is 56.6 Å². The van der Waals surface area contributed by atoms with E-state index in [4.69, 9.17) is 0 Å². The fraction of sp³-hybridized carbons (Fsp3) is 0.400. The van der Waals surface area contributed by atoms with Gasteiger partial charge in [0.1, 0.15) is 5.69 Å². The lowest BCUT2D eigenvalue weighted by Gasteiger charge is -2.17. The highest BCUT2D eigenvalue weighted by molar-refractivity contribution is 14.1. The molecule has 0 atom stereocenters. The van der Waals surface area contributed by atoms with Crippen molar-refractivity contribution in [3.8, 4) is 0 Å². The Morgan fingerprint density at radius 3 is 2.57 bits per heavy atom. The molecule has 0 aliphatic heterocycles. The Kier molecular flexibility index (Phi) is 10.6. The number of benzene rings is 1. The first kappa shape index (κ1) is 22.3. The summed E-state index contributed by atoms with van der Waals surface area (Å²) < 4.78 is 1.10. The van der Waals surface area contributed by atoms with Crippen molar-refractivity contribution in [1.29, 1.82) is 0 Å². The highest BCUT2D eigenvalue weighted by Gasteiger charge is 2.09. The molecule has 1 N–H and O–H groups in total. The van der Waals surface area contributed by atoms with Gasteiger partial charge in [-0.3, -0.25) is 9.78 Å². The highest BCUT2D eigenvalue weighted by atomic mass is 125.